The van der Waals surface area contributed by atoms with Crippen molar-refractivity contribution in [1.82, 2.24) is 15.0 Å². The van der Waals surface area contributed by atoms with Gasteiger partial charge in [0, 0.05) is 19.3 Å². The maximum atomic E-state index is 9.04. The van der Waals surface area contributed by atoms with Crippen molar-refractivity contribution in [1.29, 1.82) is 5.26 Å². The van der Waals surface area contributed by atoms with Gasteiger partial charge in [-0.1, -0.05) is 6.07 Å². The molecule has 1 N–H and O–H groups in total. The highest BCUT2D eigenvalue weighted by molar-refractivity contribution is 5.58. The van der Waals surface area contributed by atoms with Crippen molar-refractivity contribution in [3.8, 4) is 6.07 Å². The molecule has 0 unspecified atom stereocenters. The van der Waals surface area contributed by atoms with E-state index in [2.05, 4.69) is 26.3 Å². The number of hydrogen-bond donors (Lipinski definition) is 1. The zero-order valence-electron chi connectivity index (χ0n) is 11.7. The highest BCUT2D eigenvalue weighted by Crippen LogP contribution is 2.21. The van der Waals surface area contributed by atoms with Gasteiger partial charge in [0.25, 0.3) is 0 Å². The lowest BCUT2D eigenvalue weighted by Gasteiger charge is -2.20. The highest BCUT2D eigenvalue weighted by atomic mass is 15.2. The number of aromatic nitrogens is 3. The van der Waals surface area contributed by atoms with E-state index in [4.69, 9.17) is 5.26 Å². The third-order valence-electron chi connectivity index (χ3n) is 2.71. The predicted molar refractivity (Wildman–Crippen MR) is 77.6 cm³/mol. The SMILES string of the molecule is CN(c1ccccn1)c1cc(NC(C)(C)C#N)ncn1. The molecule has 0 atom stereocenters. The Morgan fingerprint density at radius 3 is 2.65 bits per heavy atom. The minimum Gasteiger partial charge on any atom is -0.352 e. The summed E-state index contributed by atoms with van der Waals surface area (Å²) in [5.41, 5.74) is -0.685. The maximum Gasteiger partial charge on any atom is 0.139 e. The molecular weight excluding hydrogens is 252 g/mol. The fourth-order valence-electron chi connectivity index (χ4n) is 1.62. The van der Waals surface area contributed by atoms with Crippen LogP contribution in [-0.2, 0) is 0 Å². The Bertz CT molecular complexity index is 617. The zero-order valence-corrected chi connectivity index (χ0v) is 11.7. The summed E-state index contributed by atoms with van der Waals surface area (Å²) in [6, 6.07) is 9.63. The molecule has 0 saturated carbocycles. The lowest BCUT2D eigenvalue weighted by molar-refractivity contribution is 0.722. The van der Waals surface area contributed by atoms with E-state index in [-0.39, 0.29) is 0 Å². The molecule has 2 rings (SSSR count). The van der Waals surface area contributed by atoms with Gasteiger partial charge in [0.1, 0.15) is 29.3 Å². The van der Waals surface area contributed by atoms with E-state index in [1.807, 2.05) is 30.1 Å². The third-order valence-corrected chi connectivity index (χ3v) is 2.71. The quantitative estimate of drug-likeness (QED) is 0.917. The van der Waals surface area contributed by atoms with Crippen LogP contribution in [0.5, 0.6) is 0 Å². The smallest absolute Gasteiger partial charge is 0.139 e. The van der Waals surface area contributed by atoms with Gasteiger partial charge in [0.15, 0.2) is 0 Å². The summed E-state index contributed by atoms with van der Waals surface area (Å²) in [5.74, 6) is 2.09. The first-order chi connectivity index (χ1) is 9.52. The number of anilines is 3. The lowest BCUT2D eigenvalue weighted by Crippen LogP contribution is -2.29. The number of hydrogen-bond acceptors (Lipinski definition) is 6. The molecule has 0 saturated heterocycles. The Morgan fingerprint density at radius 1 is 1.20 bits per heavy atom. The molecule has 2 heterocycles. The molecule has 0 spiro atoms. The van der Waals surface area contributed by atoms with E-state index in [1.165, 1.54) is 6.33 Å². The van der Waals surface area contributed by atoms with E-state index in [0.29, 0.717) is 11.6 Å². The molecule has 102 valence electrons. The van der Waals surface area contributed by atoms with Crippen molar-refractivity contribution < 1.29 is 0 Å². The first kappa shape index (κ1) is 13.7. The van der Waals surface area contributed by atoms with E-state index in [0.717, 1.165) is 5.82 Å². The molecule has 0 aliphatic heterocycles. The number of nitrogens with one attached hydrogen (secondary N) is 1. The van der Waals surface area contributed by atoms with Gasteiger partial charge < -0.3 is 10.2 Å². The van der Waals surface area contributed by atoms with Gasteiger partial charge in [-0.25, -0.2) is 15.0 Å². The average molecular weight is 268 g/mol. The summed E-state index contributed by atoms with van der Waals surface area (Å²) in [7, 11) is 1.88. The van der Waals surface area contributed by atoms with Gasteiger partial charge in [-0.15, -0.1) is 0 Å². The van der Waals surface area contributed by atoms with Crippen molar-refractivity contribution in [3.63, 3.8) is 0 Å². The molecular formula is C14H16N6. The summed E-state index contributed by atoms with van der Waals surface area (Å²) < 4.78 is 0. The molecule has 20 heavy (non-hydrogen) atoms. The average Bonchev–Trinajstić information content (AvgIpc) is 2.47. The monoisotopic (exact) mass is 268 g/mol. The Kier molecular flexibility index (Phi) is 3.80. The summed E-state index contributed by atoms with van der Waals surface area (Å²) >= 11 is 0. The topological polar surface area (TPSA) is 77.7 Å². The molecule has 0 fully saturated rings. The van der Waals surface area contributed by atoms with E-state index in [9.17, 15) is 0 Å². The molecule has 0 aliphatic rings. The van der Waals surface area contributed by atoms with Crippen LogP contribution in [0.15, 0.2) is 36.8 Å². The molecule has 0 bridgehead atoms. The number of nitrogens with zero attached hydrogens (tertiary/aromatic N) is 5. The molecule has 0 amide bonds. The second-order valence-corrected chi connectivity index (χ2v) is 4.87. The van der Waals surface area contributed by atoms with Crippen LogP contribution < -0.4 is 10.2 Å². The molecule has 6 nitrogen and oxygen atoms in total. The van der Waals surface area contributed by atoms with Crippen LogP contribution in [0.3, 0.4) is 0 Å². The summed E-state index contributed by atoms with van der Waals surface area (Å²) in [5, 5.41) is 12.1. The Balaban J connectivity index is 2.25. The first-order valence-corrected chi connectivity index (χ1v) is 6.18. The second-order valence-electron chi connectivity index (χ2n) is 4.87. The summed E-state index contributed by atoms with van der Waals surface area (Å²) in [4.78, 5) is 14.5. The number of nitriles is 1. The van der Waals surface area contributed by atoms with Crippen LogP contribution in [0.25, 0.3) is 0 Å². The van der Waals surface area contributed by atoms with Crippen molar-refractivity contribution in [2.75, 3.05) is 17.3 Å². The van der Waals surface area contributed by atoms with E-state index in [1.54, 1.807) is 26.1 Å². The number of rotatable bonds is 4. The minimum atomic E-state index is -0.685. The maximum absolute atomic E-state index is 9.04. The van der Waals surface area contributed by atoms with E-state index >= 15 is 0 Å². The molecule has 6 heteroatoms. The molecule has 0 aliphatic carbocycles. The lowest BCUT2D eigenvalue weighted by atomic mass is 10.1. The van der Waals surface area contributed by atoms with Crippen molar-refractivity contribution in [2.24, 2.45) is 0 Å². The van der Waals surface area contributed by atoms with Crippen molar-refractivity contribution in [3.05, 3.63) is 36.8 Å². The van der Waals surface area contributed by atoms with Crippen LogP contribution in [0.2, 0.25) is 0 Å². The predicted octanol–water partition coefficient (Wildman–Crippen LogP) is 2.35. The van der Waals surface area contributed by atoms with Crippen LogP contribution in [0.1, 0.15) is 13.8 Å². The van der Waals surface area contributed by atoms with Crippen molar-refractivity contribution >= 4 is 17.5 Å². The van der Waals surface area contributed by atoms with Gasteiger partial charge in [-0.05, 0) is 26.0 Å². The first-order valence-electron chi connectivity index (χ1n) is 6.18. The van der Waals surface area contributed by atoms with Crippen LogP contribution in [-0.4, -0.2) is 27.5 Å². The van der Waals surface area contributed by atoms with Gasteiger partial charge in [0.05, 0.1) is 6.07 Å². The minimum absolute atomic E-state index is 0.601. The van der Waals surface area contributed by atoms with Crippen LogP contribution >= 0.6 is 0 Å². The Labute approximate surface area is 118 Å². The molecule has 0 aromatic carbocycles. The van der Waals surface area contributed by atoms with Gasteiger partial charge in [0.2, 0.25) is 0 Å². The van der Waals surface area contributed by atoms with Crippen LogP contribution in [0.4, 0.5) is 17.5 Å². The molecule has 2 aromatic heterocycles. The fourth-order valence-corrected chi connectivity index (χ4v) is 1.62. The highest BCUT2D eigenvalue weighted by Gasteiger charge is 2.17. The Morgan fingerprint density at radius 2 is 2.00 bits per heavy atom. The molecule has 2 aromatic rings. The number of pyridine rings is 1. The van der Waals surface area contributed by atoms with Gasteiger partial charge in [-0.3, -0.25) is 0 Å². The second kappa shape index (κ2) is 5.53. The van der Waals surface area contributed by atoms with Gasteiger partial charge in [-0.2, -0.15) is 5.26 Å². The Hall–Kier alpha value is -2.68. The van der Waals surface area contributed by atoms with Gasteiger partial charge >= 0.3 is 0 Å². The molecule has 0 radical (unpaired) electrons. The summed E-state index contributed by atoms with van der Waals surface area (Å²) in [6.45, 7) is 3.58. The van der Waals surface area contributed by atoms with Crippen molar-refractivity contribution in [2.45, 2.75) is 19.4 Å². The largest absolute Gasteiger partial charge is 0.352 e. The van der Waals surface area contributed by atoms with E-state index < -0.39 is 5.54 Å². The standard InChI is InChI=1S/C14H16N6/c1-14(2,9-15)19-11-8-13(18-10-17-11)20(3)12-6-4-5-7-16-12/h4-8,10H,1-3H3,(H,17,18,19). The van der Waals surface area contributed by atoms with Crippen LogP contribution in [0, 0.1) is 11.3 Å². The fraction of sp³-hybridized carbons (Fsp3) is 0.286. The third kappa shape index (κ3) is 3.20. The summed E-state index contributed by atoms with van der Waals surface area (Å²) in [6.07, 6.45) is 3.19. The normalized spacial score (nSPS) is 10.7. The zero-order chi connectivity index (χ0) is 14.6.